The summed E-state index contributed by atoms with van der Waals surface area (Å²) < 4.78 is 26.9. The monoisotopic (exact) mass is 319 g/mol. The van der Waals surface area contributed by atoms with Gasteiger partial charge in [0.15, 0.2) is 0 Å². The Morgan fingerprint density at radius 2 is 2.05 bits per heavy atom. The average Bonchev–Trinajstić information content (AvgIpc) is 2.37. The molecule has 0 fully saturated rings. The predicted molar refractivity (Wildman–Crippen MR) is 77.4 cm³/mol. The Kier molecular flexibility index (Phi) is 5.56. The van der Waals surface area contributed by atoms with Gasteiger partial charge in [-0.3, -0.25) is 4.79 Å². The molecule has 0 saturated carbocycles. The van der Waals surface area contributed by atoms with E-state index in [1.165, 1.54) is 12.1 Å². The van der Waals surface area contributed by atoms with Gasteiger partial charge >= 0.3 is 5.97 Å². The lowest BCUT2D eigenvalue weighted by atomic mass is 10.0. The van der Waals surface area contributed by atoms with Crippen molar-refractivity contribution in [2.45, 2.75) is 38.1 Å². The van der Waals surface area contributed by atoms with E-state index in [0.29, 0.717) is 17.0 Å². The Morgan fingerprint density at radius 3 is 2.55 bits per heavy atom. The molecular formula is C13H18ClNO4S. The first-order valence-corrected chi connectivity index (χ1v) is 8.07. The van der Waals surface area contributed by atoms with Crippen LogP contribution >= 0.6 is 11.6 Å². The summed E-state index contributed by atoms with van der Waals surface area (Å²) >= 11 is 5.90. The van der Waals surface area contributed by atoms with E-state index < -0.39 is 22.0 Å². The van der Waals surface area contributed by atoms with Crippen LogP contribution in [0.4, 0.5) is 0 Å². The lowest BCUT2D eigenvalue weighted by molar-refractivity contribution is -0.140. The first-order valence-electron chi connectivity index (χ1n) is 6.21. The fourth-order valence-corrected chi connectivity index (χ4v) is 3.55. The fourth-order valence-electron chi connectivity index (χ4n) is 1.76. The standard InChI is InChI=1S/C13H18ClNO4S/c1-4-8(2)12(13(16)17)15-20(18,19)11-7-5-6-10(14)9(11)3/h5-8,12,15H,4H2,1-3H3,(H,16,17)/t8-,12-/m0/s1. The van der Waals surface area contributed by atoms with Crippen molar-refractivity contribution in [2.24, 2.45) is 5.92 Å². The zero-order chi connectivity index (χ0) is 15.5. The molecule has 112 valence electrons. The molecule has 2 N–H and O–H groups in total. The van der Waals surface area contributed by atoms with E-state index in [-0.39, 0.29) is 10.8 Å². The zero-order valence-corrected chi connectivity index (χ0v) is 13.1. The van der Waals surface area contributed by atoms with Crippen LogP contribution in [0.3, 0.4) is 0 Å². The molecular weight excluding hydrogens is 302 g/mol. The van der Waals surface area contributed by atoms with Crippen molar-refractivity contribution in [1.29, 1.82) is 0 Å². The van der Waals surface area contributed by atoms with Gasteiger partial charge in [-0.05, 0) is 30.5 Å². The molecule has 2 atom stereocenters. The average molecular weight is 320 g/mol. The Hall–Kier alpha value is -1.11. The van der Waals surface area contributed by atoms with Gasteiger partial charge in [-0.2, -0.15) is 4.72 Å². The summed E-state index contributed by atoms with van der Waals surface area (Å²) in [6.45, 7) is 5.07. The molecule has 5 nitrogen and oxygen atoms in total. The largest absolute Gasteiger partial charge is 0.480 e. The van der Waals surface area contributed by atoms with Crippen LogP contribution < -0.4 is 4.72 Å². The van der Waals surface area contributed by atoms with Gasteiger partial charge in [0.2, 0.25) is 10.0 Å². The molecule has 0 spiro atoms. The van der Waals surface area contributed by atoms with Gasteiger partial charge in [0, 0.05) is 5.02 Å². The number of nitrogens with one attached hydrogen (secondary N) is 1. The maximum atomic E-state index is 12.3. The number of aliphatic carboxylic acids is 1. The Morgan fingerprint density at radius 1 is 1.45 bits per heavy atom. The lowest BCUT2D eigenvalue weighted by Gasteiger charge is -2.20. The van der Waals surface area contributed by atoms with Crippen LogP contribution in [0.25, 0.3) is 0 Å². The highest BCUT2D eigenvalue weighted by Crippen LogP contribution is 2.23. The minimum absolute atomic E-state index is 0.000414. The Balaban J connectivity index is 3.17. The minimum Gasteiger partial charge on any atom is -0.480 e. The molecule has 20 heavy (non-hydrogen) atoms. The smallest absolute Gasteiger partial charge is 0.322 e. The third-order valence-corrected chi connectivity index (χ3v) is 5.26. The number of carboxylic acids is 1. The molecule has 0 aliphatic carbocycles. The maximum Gasteiger partial charge on any atom is 0.322 e. The predicted octanol–water partition coefficient (Wildman–Crippen LogP) is 2.43. The topological polar surface area (TPSA) is 83.5 Å². The molecule has 0 aromatic heterocycles. The summed E-state index contributed by atoms with van der Waals surface area (Å²) in [6, 6.07) is 3.34. The van der Waals surface area contributed by atoms with E-state index in [1.807, 2.05) is 0 Å². The van der Waals surface area contributed by atoms with Gasteiger partial charge in [-0.1, -0.05) is 37.9 Å². The van der Waals surface area contributed by atoms with Crippen LogP contribution in [-0.2, 0) is 14.8 Å². The number of hydrogen-bond donors (Lipinski definition) is 2. The van der Waals surface area contributed by atoms with Gasteiger partial charge < -0.3 is 5.11 Å². The van der Waals surface area contributed by atoms with Crippen molar-refractivity contribution < 1.29 is 18.3 Å². The molecule has 0 unspecified atom stereocenters. The summed E-state index contributed by atoms with van der Waals surface area (Å²) in [7, 11) is -3.93. The van der Waals surface area contributed by atoms with Crippen LogP contribution in [0.5, 0.6) is 0 Å². The molecule has 0 radical (unpaired) electrons. The lowest BCUT2D eigenvalue weighted by Crippen LogP contribution is -2.45. The number of halogens is 1. The minimum atomic E-state index is -3.93. The summed E-state index contributed by atoms with van der Waals surface area (Å²) in [5.41, 5.74) is 0.398. The van der Waals surface area contributed by atoms with E-state index >= 15 is 0 Å². The van der Waals surface area contributed by atoms with Crippen LogP contribution in [0.15, 0.2) is 23.1 Å². The van der Waals surface area contributed by atoms with Gasteiger partial charge in [-0.25, -0.2) is 8.42 Å². The first-order chi connectivity index (χ1) is 9.20. The van der Waals surface area contributed by atoms with Gasteiger partial charge in [0.05, 0.1) is 4.90 Å². The number of benzene rings is 1. The molecule has 0 heterocycles. The van der Waals surface area contributed by atoms with Crippen LogP contribution in [0.2, 0.25) is 5.02 Å². The molecule has 1 aromatic rings. The molecule has 1 aromatic carbocycles. The third kappa shape index (κ3) is 3.71. The highest BCUT2D eigenvalue weighted by atomic mass is 35.5. The van der Waals surface area contributed by atoms with E-state index in [2.05, 4.69) is 4.72 Å². The second kappa shape index (κ2) is 6.56. The molecule has 0 amide bonds. The quantitative estimate of drug-likeness (QED) is 0.843. The summed E-state index contributed by atoms with van der Waals surface area (Å²) in [4.78, 5) is 11.2. The third-order valence-electron chi connectivity index (χ3n) is 3.27. The number of sulfonamides is 1. The van der Waals surface area contributed by atoms with Crippen LogP contribution in [0.1, 0.15) is 25.8 Å². The molecule has 0 bridgehead atoms. The van der Waals surface area contributed by atoms with Gasteiger partial charge in [0.1, 0.15) is 6.04 Å². The summed E-state index contributed by atoms with van der Waals surface area (Å²) in [5.74, 6) is -1.51. The second-order valence-corrected chi connectivity index (χ2v) is 6.78. The van der Waals surface area contributed by atoms with Crippen molar-refractivity contribution in [3.63, 3.8) is 0 Å². The van der Waals surface area contributed by atoms with E-state index in [4.69, 9.17) is 16.7 Å². The zero-order valence-electron chi connectivity index (χ0n) is 11.6. The molecule has 1 rings (SSSR count). The summed E-state index contributed by atoms with van der Waals surface area (Å²) in [6.07, 6.45) is 0.550. The first kappa shape index (κ1) is 16.9. The van der Waals surface area contributed by atoms with Gasteiger partial charge in [0.25, 0.3) is 0 Å². The normalized spacial score (nSPS) is 14.8. The van der Waals surface area contributed by atoms with Crippen molar-refractivity contribution in [1.82, 2.24) is 4.72 Å². The highest BCUT2D eigenvalue weighted by Gasteiger charge is 2.30. The van der Waals surface area contributed by atoms with E-state index in [1.54, 1.807) is 26.8 Å². The number of rotatable bonds is 6. The van der Waals surface area contributed by atoms with Crippen molar-refractivity contribution >= 4 is 27.6 Å². The molecule has 0 aliphatic heterocycles. The van der Waals surface area contributed by atoms with Crippen molar-refractivity contribution in [3.8, 4) is 0 Å². The van der Waals surface area contributed by atoms with E-state index in [0.717, 1.165) is 0 Å². The van der Waals surface area contributed by atoms with E-state index in [9.17, 15) is 13.2 Å². The molecule has 7 heteroatoms. The SMILES string of the molecule is CC[C@H](C)[C@H](NS(=O)(=O)c1cccc(Cl)c1C)C(=O)O. The van der Waals surface area contributed by atoms with Crippen molar-refractivity contribution in [3.05, 3.63) is 28.8 Å². The number of hydrogen-bond acceptors (Lipinski definition) is 3. The van der Waals surface area contributed by atoms with Gasteiger partial charge in [-0.15, -0.1) is 0 Å². The van der Waals surface area contributed by atoms with Crippen molar-refractivity contribution in [2.75, 3.05) is 0 Å². The fraction of sp³-hybridized carbons (Fsp3) is 0.462. The second-order valence-electron chi connectivity index (χ2n) is 4.69. The summed E-state index contributed by atoms with van der Waals surface area (Å²) in [5, 5.41) is 9.48. The Bertz CT molecular complexity index is 600. The highest BCUT2D eigenvalue weighted by molar-refractivity contribution is 7.89. The Labute approximate surface area is 124 Å². The maximum absolute atomic E-state index is 12.3. The van der Waals surface area contributed by atoms with Crippen LogP contribution in [0, 0.1) is 12.8 Å². The molecule has 0 aliphatic rings. The number of carboxylic acid groups (broad SMARTS) is 1. The van der Waals surface area contributed by atoms with Crippen LogP contribution in [-0.4, -0.2) is 25.5 Å². The molecule has 0 saturated heterocycles. The number of carbonyl (C=O) groups is 1.